The molecule has 0 bridgehead atoms. The Morgan fingerprint density at radius 1 is 1.15 bits per heavy atom. The molecule has 0 saturated carbocycles. The van der Waals surface area contributed by atoms with Gasteiger partial charge in [-0.2, -0.15) is 0 Å². The molecule has 2 rings (SSSR count). The maximum absolute atomic E-state index is 12.5. The van der Waals surface area contributed by atoms with Crippen molar-refractivity contribution >= 4 is 21.4 Å². The van der Waals surface area contributed by atoms with Crippen LogP contribution >= 0.6 is 0 Å². The zero-order chi connectivity index (χ0) is 14.8. The Balaban J connectivity index is 2.43. The highest BCUT2D eigenvalue weighted by Crippen LogP contribution is 2.23. The Labute approximate surface area is 119 Å². The fourth-order valence-electron chi connectivity index (χ4n) is 2.03. The molecule has 0 unspecified atom stereocenters. The van der Waals surface area contributed by atoms with Crippen molar-refractivity contribution in [2.24, 2.45) is 0 Å². The van der Waals surface area contributed by atoms with Crippen molar-refractivity contribution in [2.45, 2.75) is 25.2 Å². The molecule has 0 aliphatic rings. The van der Waals surface area contributed by atoms with Crippen molar-refractivity contribution in [1.82, 2.24) is 0 Å². The SMILES string of the molecule is CCc1ccc(N)cc1S(=O)(=O)Nc1cccc(C)c1. The van der Waals surface area contributed by atoms with Gasteiger partial charge in [-0.15, -0.1) is 0 Å². The number of nitrogen functional groups attached to an aromatic ring is 1. The molecule has 0 heterocycles. The molecule has 3 N–H and O–H groups in total. The fraction of sp³-hybridized carbons (Fsp3) is 0.200. The van der Waals surface area contributed by atoms with Gasteiger partial charge in [-0.3, -0.25) is 4.72 Å². The number of aryl methyl sites for hydroxylation is 2. The summed E-state index contributed by atoms with van der Waals surface area (Å²) >= 11 is 0. The average molecular weight is 290 g/mol. The largest absolute Gasteiger partial charge is 0.399 e. The van der Waals surface area contributed by atoms with Gasteiger partial charge in [0.2, 0.25) is 0 Å². The van der Waals surface area contributed by atoms with Gasteiger partial charge in [-0.05, 0) is 48.7 Å². The molecular formula is C15H18N2O2S. The molecule has 0 radical (unpaired) electrons. The van der Waals surface area contributed by atoms with Crippen LogP contribution in [0, 0.1) is 6.92 Å². The van der Waals surface area contributed by atoms with E-state index >= 15 is 0 Å². The van der Waals surface area contributed by atoms with E-state index in [1.54, 1.807) is 24.3 Å². The number of hydrogen-bond donors (Lipinski definition) is 2. The van der Waals surface area contributed by atoms with Crippen LogP contribution in [0.4, 0.5) is 11.4 Å². The van der Waals surface area contributed by atoms with E-state index in [9.17, 15) is 8.42 Å². The van der Waals surface area contributed by atoms with Gasteiger partial charge < -0.3 is 5.73 Å². The van der Waals surface area contributed by atoms with Gasteiger partial charge in [0.15, 0.2) is 0 Å². The summed E-state index contributed by atoms with van der Waals surface area (Å²) in [5, 5.41) is 0. The van der Waals surface area contributed by atoms with E-state index < -0.39 is 10.0 Å². The molecule has 0 aliphatic carbocycles. The summed E-state index contributed by atoms with van der Waals surface area (Å²) in [4.78, 5) is 0.238. The number of nitrogens with two attached hydrogens (primary N) is 1. The highest BCUT2D eigenvalue weighted by atomic mass is 32.2. The van der Waals surface area contributed by atoms with Crippen LogP contribution in [0.15, 0.2) is 47.4 Å². The molecule has 0 aliphatic heterocycles. The molecule has 20 heavy (non-hydrogen) atoms. The molecule has 5 heteroatoms. The molecule has 0 fully saturated rings. The molecule has 2 aromatic rings. The summed E-state index contributed by atoms with van der Waals surface area (Å²) in [7, 11) is -3.63. The lowest BCUT2D eigenvalue weighted by molar-refractivity contribution is 0.600. The molecule has 0 atom stereocenters. The summed E-state index contributed by atoms with van der Waals surface area (Å²) in [6.45, 7) is 3.83. The first-order chi connectivity index (χ1) is 9.42. The van der Waals surface area contributed by atoms with Crippen LogP contribution in [0.25, 0.3) is 0 Å². The number of sulfonamides is 1. The first-order valence-electron chi connectivity index (χ1n) is 6.40. The van der Waals surface area contributed by atoms with E-state index in [1.807, 2.05) is 26.0 Å². The second-order valence-electron chi connectivity index (χ2n) is 4.70. The topological polar surface area (TPSA) is 72.2 Å². The van der Waals surface area contributed by atoms with Gasteiger partial charge in [0.1, 0.15) is 0 Å². The molecule has 0 spiro atoms. The summed E-state index contributed by atoms with van der Waals surface area (Å²) in [6.07, 6.45) is 0.629. The fourth-order valence-corrected chi connectivity index (χ4v) is 3.43. The third kappa shape index (κ3) is 3.11. The van der Waals surface area contributed by atoms with Crippen molar-refractivity contribution in [2.75, 3.05) is 10.5 Å². The van der Waals surface area contributed by atoms with E-state index in [-0.39, 0.29) is 4.90 Å². The molecular weight excluding hydrogens is 272 g/mol. The second-order valence-corrected chi connectivity index (χ2v) is 6.35. The monoisotopic (exact) mass is 290 g/mol. The molecule has 0 saturated heterocycles. The summed E-state index contributed by atoms with van der Waals surface area (Å²) in [6, 6.07) is 12.2. The highest BCUT2D eigenvalue weighted by Gasteiger charge is 2.18. The van der Waals surface area contributed by atoms with Gasteiger partial charge in [-0.25, -0.2) is 8.42 Å². The lowest BCUT2D eigenvalue weighted by Gasteiger charge is -2.12. The van der Waals surface area contributed by atoms with Crippen LogP contribution in [0.2, 0.25) is 0 Å². The normalized spacial score (nSPS) is 11.3. The van der Waals surface area contributed by atoms with Crippen LogP contribution < -0.4 is 10.5 Å². The van der Waals surface area contributed by atoms with Crippen molar-refractivity contribution in [1.29, 1.82) is 0 Å². The lowest BCUT2D eigenvalue weighted by Crippen LogP contribution is -2.15. The summed E-state index contributed by atoms with van der Waals surface area (Å²) < 4.78 is 27.6. The van der Waals surface area contributed by atoms with Gasteiger partial charge in [-0.1, -0.05) is 25.1 Å². The quantitative estimate of drug-likeness (QED) is 0.850. The van der Waals surface area contributed by atoms with Crippen molar-refractivity contribution in [3.63, 3.8) is 0 Å². The van der Waals surface area contributed by atoms with E-state index in [2.05, 4.69) is 4.72 Å². The molecule has 2 aromatic carbocycles. The van der Waals surface area contributed by atoms with Crippen molar-refractivity contribution in [3.05, 3.63) is 53.6 Å². The third-order valence-electron chi connectivity index (χ3n) is 3.03. The predicted octanol–water partition coefficient (Wildman–Crippen LogP) is 2.94. The zero-order valence-corrected chi connectivity index (χ0v) is 12.4. The average Bonchev–Trinajstić information content (AvgIpc) is 2.38. The maximum Gasteiger partial charge on any atom is 0.262 e. The smallest absolute Gasteiger partial charge is 0.262 e. The summed E-state index contributed by atoms with van der Waals surface area (Å²) in [5.74, 6) is 0. The number of benzene rings is 2. The molecule has 0 aromatic heterocycles. The Kier molecular flexibility index (Phi) is 3.99. The van der Waals surface area contributed by atoms with E-state index in [1.165, 1.54) is 6.07 Å². The minimum atomic E-state index is -3.63. The van der Waals surface area contributed by atoms with E-state index in [0.29, 0.717) is 17.8 Å². The maximum atomic E-state index is 12.5. The zero-order valence-electron chi connectivity index (χ0n) is 11.6. The standard InChI is InChI=1S/C15H18N2O2S/c1-3-12-7-8-13(16)10-15(12)20(18,19)17-14-6-4-5-11(2)9-14/h4-10,17H,3,16H2,1-2H3. The predicted molar refractivity (Wildman–Crippen MR) is 82.2 cm³/mol. The number of anilines is 2. The van der Waals surface area contributed by atoms with Crippen LogP contribution in [-0.4, -0.2) is 8.42 Å². The number of nitrogens with one attached hydrogen (secondary N) is 1. The third-order valence-corrected chi connectivity index (χ3v) is 4.50. The Bertz CT molecular complexity index is 724. The van der Waals surface area contributed by atoms with Crippen LogP contribution in [0.3, 0.4) is 0 Å². The van der Waals surface area contributed by atoms with Crippen molar-refractivity contribution < 1.29 is 8.42 Å². The van der Waals surface area contributed by atoms with E-state index in [0.717, 1.165) is 11.1 Å². The molecule has 0 amide bonds. The first-order valence-corrected chi connectivity index (χ1v) is 7.88. The second kappa shape index (κ2) is 5.54. The van der Waals surface area contributed by atoms with Crippen molar-refractivity contribution in [3.8, 4) is 0 Å². The molecule has 4 nitrogen and oxygen atoms in total. The van der Waals surface area contributed by atoms with Gasteiger partial charge in [0.05, 0.1) is 4.90 Å². The summed E-state index contributed by atoms with van der Waals surface area (Å²) in [5.41, 5.74) is 8.43. The van der Waals surface area contributed by atoms with Crippen LogP contribution in [0.1, 0.15) is 18.1 Å². The Morgan fingerprint density at radius 3 is 2.55 bits per heavy atom. The minimum absolute atomic E-state index is 0.238. The Morgan fingerprint density at radius 2 is 1.90 bits per heavy atom. The highest BCUT2D eigenvalue weighted by molar-refractivity contribution is 7.92. The van der Waals surface area contributed by atoms with Gasteiger partial charge >= 0.3 is 0 Å². The van der Waals surface area contributed by atoms with Gasteiger partial charge in [0.25, 0.3) is 10.0 Å². The lowest BCUT2D eigenvalue weighted by atomic mass is 10.1. The van der Waals surface area contributed by atoms with Crippen LogP contribution in [-0.2, 0) is 16.4 Å². The molecule has 106 valence electrons. The Hall–Kier alpha value is -2.01. The minimum Gasteiger partial charge on any atom is -0.399 e. The number of rotatable bonds is 4. The van der Waals surface area contributed by atoms with Gasteiger partial charge in [0, 0.05) is 11.4 Å². The van der Waals surface area contributed by atoms with E-state index in [4.69, 9.17) is 5.73 Å². The van der Waals surface area contributed by atoms with Crippen LogP contribution in [0.5, 0.6) is 0 Å². The first kappa shape index (κ1) is 14.4. The number of hydrogen-bond acceptors (Lipinski definition) is 3.